The van der Waals surface area contributed by atoms with E-state index in [0.717, 1.165) is 11.1 Å². The highest BCUT2D eigenvalue weighted by Gasteiger charge is 2.14. The lowest BCUT2D eigenvalue weighted by atomic mass is 9.93. The van der Waals surface area contributed by atoms with E-state index in [9.17, 15) is 4.79 Å². The van der Waals surface area contributed by atoms with E-state index in [1.807, 2.05) is 30.3 Å². The van der Waals surface area contributed by atoms with Crippen LogP contribution in [-0.2, 0) is 11.2 Å². The Morgan fingerprint density at radius 1 is 1.30 bits per heavy atom. The van der Waals surface area contributed by atoms with Crippen molar-refractivity contribution in [3.05, 3.63) is 66.2 Å². The maximum atomic E-state index is 11.3. The highest BCUT2D eigenvalue weighted by atomic mass is 16.5. The second-order valence-electron chi connectivity index (χ2n) is 4.37. The van der Waals surface area contributed by atoms with Gasteiger partial charge < -0.3 is 9.84 Å². The quantitative estimate of drug-likeness (QED) is 0.583. The van der Waals surface area contributed by atoms with Crippen LogP contribution in [0.25, 0.3) is 11.1 Å². The van der Waals surface area contributed by atoms with E-state index in [1.165, 1.54) is 12.7 Å². The minimum atomic E-state index is -0.294. The molecule has 0 aliphatic heterocycles. The van der Waals surface area contributed by atoms with Crippen LogP contribution in [0.2, 0.25) is 0 Å². The van der Waals surface area contributed by atoms with Crippen molar-refractivity contribution >= 4 is 5.97 Å². The van der Waals surface area contributed by atoms with Crippen molar-refractivity contribution in [2.45, 2.75) is 6.42 Å². The fourth-order valence-electron chi connectivity index (χ4n) is 1.93. The molecule has 0 saturated heterocycles. The molecule has 0 saturated carbocycles. The van der Waals surface area contributed by atoms with Gasteiger partial charge in [0.05, 0.1) is 12.7 Å². The van der Waals surface area contributed by atoms with Crippen LogP contribution < -0.4 is 0 Å². The molecular formula is C17H16O3. The Labute approximate surface area is 118 Å². The number of fused-ring (bicyclic) bond motifs is 1. The van der Waals surface area contributed by atoms with Crippen molar-refractivity contribution in [1.29, 1.82) is 0 Å². The molecule has 1 N–H and O–H groups in total. The number of ether oxygens (including phenoxy) is 1. The number of esters is 1. The van der Waals surface area contributed by atoms with E-state index >= 15 is 0 Å². The average molecular weight is 268 g/mol. The van der Waals surface area contributed by atoms with Gasteiger partial charge in [0.15, 0.2) is 0 Å². The Morgan fingerprint density at radius 2 is 2.05 bits per heavy atom. The summed E-state index contributed by atoms with van der Waals surface area (Å²) >= 11 is 0. The Bertz CT molecular complexity index is 644. The van der Waals surface area contributed by atoms with Crippen LogP contribution in [-0.4, -0.2) is 18.2 Å². The summed E-state index contributed by atoms with van der Waals surface area (Å²) in [6.45, 7) is 3.63. The smallest absolute Gasteiger partial charge is 0.338 e. The van der Waals surface area contributed by atoms with Crippen LogP contribution in [0.4, 0.5) is 0 Å². The summed E-state index contributed by atoms with van der Waals surface area (Å²) in [7, 11) is 1.38. The zero-order valence-electron chi connectivity index (χ0n) is 11.3. The van der Waals surface area contributed by atoms with E-state index in [0.29, 0.717) is 17.7 Å². The van der Waals surface area contributed by atoms with Crippen molar-refractivity contribution in [3.63, 3.8) is 0 Å². The lowest BCUT2D eigenvalue weighted by Gasteiger charge is -2.14. The van der Waals surface area contributed by atoms with Crippen molar-refractivity contribution in [1.82, 2.24) is 0 Å². The summed E-state index contributed by atoms with van der Waals surface area (Å²) in [4.78, 5) is 11.3. The Hall–Kier alpha value is -2.55. The zero-order valence-corrected chi connectivity index (χ0v) is 11.3. The predicted octanol–water partition coefficient (Wildman–Crippen LogP) is 3.57. The highest BCUT2D eigenvalue weighted by Crippen LogP contribution is 2.41. The Balaban J connectivity index is 0.000000173. The standard InChI is InChI=1S/C11H12O2.C6H4O/c1-3-6-9-7-4-5-8-10(9)11(12)13-2;7-6-3-4-1-2-5(4)6/h3-5,7-8H,1,6H2,2H3;1-3,7H. The molecule has 1 aromatic rings. The number of hydrogen-bond donors (Lipinski definition) is 1. The third-order valence-electron chi connectivity index (χ3n) is 3.10. The molecule has 2 aliphatic rings. The SMILES string of the molecule is C=CCc1ccccc1C(=O)OC.Oc1cc2ccc1-2. The van der Waals surface area contributed by atoms with Gasteiger partial charge in [0.1, 0.15) is 5.75 Å². The third-order valence-corrected chi connectivity index (χ3v) is 3.10. The van der Waals surface area contributed by atoms with Gasteiger partial charge in [-0.15, -0.1) is 6.58 Å². The normalized spacial score (nSPS) is 10.1. The Kier molecular flexibility index (Phi) is 4.20. The molecule has 0 amide bonds. The Morgan fingerprint density at radius 3 is 2.45 bits per heavy atom. The fraction of sp³-hybridized carbons (Fsp3) is 0.118. The van der Waals surface area contributed by atoms with E-state index in [-0.39, 0.29) is 5.97 Å². The number of rotatable bonds is 3. The second-order valence-corrected chi connectivity index (χ2v) is 4.37. The molecule has 0 radical (unpaired) electrons. The van der Waals surface area contributed by atoms with Gasteiger partial charge in [-0.2, -0.15) is 0 Å². The number of hydrogen-bond acceptors (Lipinski definition) is 3. The number of carbonyl (C=O) groups is 1. The average Bonchev–Trinajstić information content (AvgIpc) is 2.45. The van der Waals surface area contributed by atoms with Gasteiger partial charge in [0.25, 0.3) is 0 Å². The van der Waals surface area contributed by atoms with Gasteiger partial charge in [-0.25, -0.2) is 4.79 Å². The van der Waals surface area contributed by atoms with Crippen LogP contribution in [0.5, 0.6) is 5.75 Å². The first-order valence-electron chi connectivity index (χ1n) is 6.28. The predicted molar refractivity (Wildman–Crippen MR) is 78.8 cm³/mol. The first kappa shape index (κ1) is 13.9. The van der Waals surface area contributed by atoms with E-state index in [1.54, 1.807) is 18.2 Å². The molecule has 2 aliphatic carbocycles. The summed E-state index contributed by atoms with van der Waals surface area (Å²) in [5.74, 6) is 0.148. The molecule has 102 valence electrons. The van der Waals surface area contributed by atoms with Gasteiger partial charge in [0, 0.05) is 5.56 Å². The number of benzene rings is 2. The molecule has 0 spiro atoms. The number of aromatic hydroxyl groups is 1. The molecule has 0 aromatic heterocycles. The summed E-state index contributed by atoms with van der Waals surface area (Å²) < 4.78 is 4.65. The monoisotopic (exact) mass is 268 g/mol. The maximum Gasteiger partial charge on any atom is 0.338 e. The lowest BCUT2D eigenvalue weighted by molar-refractivity contribution is 0.0599. The van der Waals surface area contributed by atoms with Crippen LogP contribution >= 0.6 is 0 Å². The maximum absolute atomic E-state index is 11.3. The van der Waals surface area contributed by atoms with Crippen molar-refractivity contribution in [3.8, 4) is 16.9 Å². The number of phenolic OH excluding ortho intramolecular Hbond substituents is 1. The minimum absolute atomic E-state index is 0.294. The van der Waals surface area contributed by atoms with Gasteiger partial charge in [-0.1, -0.05) is 36.4 Å². The summed E-state index contributed by atoms with van der Waals surface area (Å²) in [6, 6.07) is 13.0. The van der Waals surface area contributed by atoms with Crippen molar-refractivity contribution in [2.75, 3.05) is 7.11 Å². The number of allylic oxidation sites excluding steroid dienone is 1. The fourth-order valence-corrected chi connectivity index (χ4v) is 1.93. The number of carbonyl (C=O) groups excluding carboxylic acids is 1. The van der Waals surface area contributed by atoms with Gasteiger partial charge >= 0.3 is 5.97 Å². The van der Waals surface area contributed by atoms with Crippen LogP contribution in [0, 0.1) is 0 Å². The van der Waals surface area contributed by atoms with Crippen LogP contribution in [0.3, 0.4) is 0 Å². The molecule has 0 unspecified atom stereocenters. The van der Waals surface area contributed by atoms with Crippen LogP contribution in [0.1, 0.15) is 15.9 Å². The summed E-state index contributed by atoms with van der Waals surface area (Å²) in [5, 5.41) is 8.69. The summed E-state index contributed by atoms with van der Waals surface area (Å²) in [5.41, 5.74) is 3.78. The third kappa shape index (κ3) is 2.72. The summed E-state index contributed by atoms with van der Waals surface area (Å²) in [6.07, 6.45) is 2.45. The van der Waals surface area contributed by atoms with E-state index in [2.05, 4.69) is 11.3 Å². The van der Waals surface area contributed by atoms with Crippen molar-refractivity contribution in [2.24, 2.45) is 0 Å². The molecule has 3 nitrogen and oxygen atoms in total. The van der Waals surface area contributed by atoms with E-state index in [4.69, 9.17) is 5.11 Å². The molecule has 0 bridgehead atoms. The molecule has 0 atom stereocenters. The molecule has 0 heterocycles. The first-order valence-corrected chi connectivity index (χ1v) is 6.28. The molecule has 0 fully saturated rings. The number of phenols is 1. The first-order chi connectivity index (χ1) is 9.67. The topological polar surface area (TPSA) is 46.5 Å². The number of methoxy groups -OCH3 is 1. The molecule has 3 rings (SSSR count). The second kappa shape index (κ2) is 6.06. The van der Waals surface area contributed by atoms with Gasteiger partial charge in [0.2, 0.25) is 0 Å². The molecule has 3 heteroatoms. The highest BCUT2D eigenvalue weighted by molar-refractivity contribution is 5.91. The van der Waals surface area contributed by atoms with Crippen molar-refractivity contribution < 1.29 is 14.6 Å². The zero-order chi connectivity index (χ0) is 14.5. The lowest BCUT2D eigenvalue weighted by Crippen LogP contribution is -2.04. The van der Waals surface area contributed by atoms with Gasteiger partial charge in [-0.3, -0.25) is 0 Å². The minimum Gasteiger partial charge on any atom is -0.507 e. The van der Waals surface area contributed by atoms with E-state index < -0.39 is 0 Å². The van der Waals surface area contributed by atoms with Crippen LogP contribution in [0.15, 0.2) is 55.1 Å². The molecule has 1 aromatic carbocycles. The molecular weight excluding hydrogens is 252 g/mol. The van der Waals surface area contributed by atoms with Gasteiger partial charge in [-0.05, 0) is 29.7 Å². The molecule has 20 heavy (non-hydrogen) atoms. The largest absolute Gasteiger partial charge is 0.507 e.